The molecule has 0 heterocycles. The smallest absolute Gasteiger partial charge is 0.327 e. The fourth-order valence-corrected chi connectivity index (χ4v) is 3.46. The maximum atomic E-state index is 12.1. The summed E-state index contributed by atoms with van der Waals surface area (Å²) >= 11 is 1.31. The predicted molar refractivity (Wildman–Crippen MR) is 87.6 cm³/mol. The second-order valence-electron chi connectivity index (χ2n) is 5.01. The lowest BCUT2D eigenvalue weighted by Gasteiger charge is -2.18. The highest BCUT2D eigenvalue weighted by molar-refractivity contribution is 8.02. The van der Waals surface area contributed by atoms with Crippen LogP contribution in [0.15, 0.2) is 21.6 Å². The molecule has 0 aromatic heterocycles. The van der Waals surface area contributed by atoms with Crippen LogP contribution in [-0.2, 0) is 9.53 Å². The lowest BCUT2D eigenvalue weighted by molar-refractivity contribution is -0.144. The van der Waals surface area contributed by atoms with Crippen molar-refractivity contribution in [2.75, 3.05) is 12.9 Å². The summed E-state index contributed by atoms with van der Waals surface area (Å²) in [6.07, 6.45) is 5.85. The minimum atomic E-state index is -0.969. The molecule has 1 rings (SSSR count). The van der Waals surface area contributed by atoms with Crippen LogP contribution >= 0.6 is 11.8 Å². The van der Waals surface area contributed by atoms with Crippen molar-refractivity contribution in [3.05, 3.63) is 21.6 Å². The molecule has 0 saturated carbocycles. The zero-order chi connectivity index (χ0) is 17.2. The number of nitrogens with zero attached hydrogens (tertiary/aromatic N) is 3. The molecule has 120 valence electrons. The first-order valence-corrected chi connectivity index (χ1v) is 8.74. The third kappa shape index (κ3) is 4.62. The van der Waals surface area contributed by atoms with Gasteiger partial charge in [0.15, 0.2) is 5.92 Å². The summed E-state index contributed by atoms with van der Waals surface area (Å²) in [5, 5.41) is 27.8. The van der Waals surface area contributed by atoms with Crippen LogP contribution in [0.4, 0.5) is 0 Å². The molecule has 0 amide bonds. The van der Waals surface area contributed by atoms with Crippen LogP contribution in [0.5, 0.6) is 0 Å². The number of thioether (sulfide) groups is 1. The van der Waals surface area contributed by atoms with E-state index < -0.39 is 11.9 Å². The zero-order valence-electron chi connectivity index (χ0n) is 13.4. The van der Waals surface area contributed by atoms with E-state index in [0.29, 0.717) is 23.3 Å². The van der Waals surface area contributed by atoms with Gasteiger partial charge in [0.05, 0.1) is 12.7 Å². The molecule has 23 heavy (non-hydrogen) atoms. The third-order valence-corrected chi connectivity index (χ3v) is 4.55. The minimum absolute atomic E-state index is 0.0347. The van der Waals surface area contributed by atoms with E-state index in [4.69, 9.17) is 4.74 Å². The van der Waals surface area contributed by atoms with Gasteiger partial charge in [0, 0.05) is 4.91 Å². The molecule has 1 atom stereocenters. The van der Waals surface area contributed by atoms with Gasteiger partial charge in [-0.15, -0.1) is 11.8 Å². The fraction of sp³-hybridized carbons (Fsp3) is 0.529. The van der Waals surface area contributed by atoms with Crippen LogP contribution in [0.1, 0.15) is 39.0 Å². The number of carbonyl (C=O) groups is 1. The molecule has 0 unspecified atom stereocenters. The van der Waals surface area contributed by atoms with E-state index in [0.717, 1.165) is 24.8 Å². The Kier molecular flexibility index (Phi) is 7.95. The molecular formula is C17H19N3O2S. The first kappa shape index (κ1) is 18.8. The standard InChI is InChI=1S/C17H19N3O2S/c1-3-22-17(21)15(11-20)13-7-5-4-6-8-14(13)16(23-2)12(9-18)10-19/h15H,3-8H2,1-2H3/t15-/m1/s1. The largest absolute Gasteiger partial charge is 0.465 e. The fourth-order valence-electron chi connectivity index (χ4n) is 2.68. The van der Waals surface area contributed by atoms with Crippen molar-refractivity contribution in [1.82, 2.24) is 0 Å². The van der Waals surface area contributed by atoms with Crippen LogP contribution in [0.3, 0.4) is 0 Å². The Bertz CT molecular complexity index is 628. The molecule has 0 fully saturated rings. The average Bonchev–Trinajstić information content (AvgIpc) is 2.79. The molecule has 0 spiro atoms. The van der Waals surface area contributed by atoms with Crippen LogP contribution in [0.2, 0.25) is 0 Å². The van der Waals surface area contributed by atoms with Crippen LogP contribution < -0.4 is 0 Å². The molecule has 0 bridgehead atoms. The number of ether oxygens (including phenoxy) is 1. The molecule has 0 N–H and O–H groups in total. The van der Waals surface area contributed by atoms with Crippen molar-refractivity contribution in [1.29, 1.82) is 15.8 Å². The first-order chi connectivity index (χ1) is 11.1. The second kappa shape index (κ2) is 9.72. The maximum Gasteiger partial charge on any atom is 0.327 e. The number of rotatable bonds is 5. The van der Waals surface area contributed by atoms with E-state index in [-0.39, 0.29) is 12.2 Å². The van der Waals surface area contributed by atoms with Gasteiger partial charge >= 0.3 is 5.97 Å². The monoisotopic (exact) mass is 329 g/mol. The third-order valence-electron chi connectivity index (χ3n) is 3.69. The summed E-state index contributed by atoms with van der Waals surface area (Å²) in [6.45, 7) is 1.91. The lowest BCUT2D eigenvalue weighted by atomic mass is 9.90. The Labute approximate surface area is 141 Å². The summed E-state index contributed by atoms with van der Waals surface area (Å²) in [5.41, 5.74) is 1.54. The molecule has 6 heteroatoms. The number of nitriles is 3. The van der Waals surface area contributed by atoms with Gasteiger partial charge in [0.25, 0.3) is 0 Å². The summed E-state index contributed by atoms with van der Waals surface area (Å²) < 4.78 is 5.02. The SMILES string of the molecule is CCOC(=O)[C@H](C#N)C1=C(C(SC)=C(C#N)C#N)CCCCC1. The quantitative estimate of drug-likeness (QED) is 0.564. The average molecular weight is 329 g/mol. The Morgan fingerprint density at radius 3 is 2.39 bits per heavy atom. The molecule has 0 aromatic carbocycles. The molecule has 1 aliphatic rings. The van der Waals surface area contributed by atoms with Crippen molar-refractivity contribution < 1.29 is 9.53 Å². The maximum absolute atomic E-state index is 12.1. The van der Waals surface area contributed by atoms with Gasteiger partial charge in [-0.2, -0.15) is 15.8 Å². The summed E-state index contributed by atoms with van der Waals surface area (Å²) in [5.74, 6) is -1.52. The van der Waals surface area contributed by atoms with Crippen molar-refractivity contribution in [3.63, 3.8) is 0 Å². The molecule has 1 aliphatic carbocycles. The van der Waals surface area contributed by atoms with Crippen LogP contribution in [-0.4, -0.2) is 18.8 Å². The normalized spacial score (nSPS) is 15.4. The van der Waals surface area contributed by atoms with Crippen molar-refractivity contribution in [3.8, 4) is 18.2 Å². The Balaban J connectivity index is 3.50. The van der Waals surface area contributed by atoms with Gasteiger partial charge < -0.3 is 4.74 Å². The number of esters is 1. The van der Waals surface area contributed by atoms with Gasteiger partial charge in [-0.25, -0.2) is 0 Å². The van der Waals surface area contributed by atoms with Gasteiger partial charge in [-0.1, -0.05) is 6.42 Å². The summed E-state index contributed by atoms with van der Waals surface area (Å²) in [7, 11) is 0. The van der Waals surface area contributed by atoms with E-state index >= 15 is 0 Å². The van der Waals surface area contributed by atoms with Gasteiger partial charge in [0.2, 0.25) is 0 Å². The van der Waals surface area contributed by atoms with Crippen molar-refractivity contribution >= 4 is 17.7 Å². The van der Waals surface area contributed by atoms with E-state index in [1.54, 1.807) is 13.2 Å². The van der Waals surface area contributed by atoms with E-state index in [1.165, 1.54) is 11.8 Å². The van der Waals surface area contributed by atoms with Gasteiger partial charge in [-0.05, 0) is 50.0 Å². The van der Waals surface area contributed by atoms with E-state index in [1.807, 2.05) is 18.2 Å². The zero-order valence-corrected chi connectivity index (χ0v) is 14.2. The van der Waals surface area contributed by atoms with E-state index in [2.05, 4.69) is 0 Å². The van der Waals surface area contributed by atoms with Crippen LogP contribution in [0.25, 0.3) is 0 Å². The Morgan fingerprint density at radius 1 is 1.22 bits per heavy atom. The Hall–Kier alpha value is -2.23. The predicted octanol–water partition coefficient (Wildman–Crippen LogP) is 3.61. The number of allylic oxidation sites excluding steroid dienone is 2. The molecule has 5 nitrogen and oxygen atoms in total. The van der Waals surface area contributed by atoms with Crippen molar-refractivity contribution in [2.24, 2.45) is 5.92 Å². The van der Waals surface area contributed by atoms with Crippen LogP contribution in [0, 0.1) is 39.9 Å². The molecule has 0 radical (unpaired) electrons. The highest BCUT2D eigenvalue weighted by atomic mass is 32.2. The number of carbonyl (C=O) groups excluding carboxylic acids is 1. The van der Waals surface area contributed by atoms with E-state index in [9.17, 15) is 20.6 Å². The highest BCUT2D eigenvalue weighted by Crippen LogP contribution is 2.38. The second-order valence-corrected chi connectivity index (χ2v) is 5.83. The molecule has 0 saturated heterocycles. The highest BCUT2D eigenvalue weighted by Gasteiger charge is 2.29. The summed E-state index contributed by atoms with van der Waals surface area (Å²) in [6, 6.07) is 5.87. The van der Waals surface area contributed by atoms with Crippen molar-refractivity contribution in [2.45, 2.75) is 39.0 Å². The number of hydrogen-bond donors (Lipinski definition) is 0. The molecule has 0 aromatic rings. The first-order valence-electron chi connectivity index (χ1n) is 7.51. The molecule has 0 aliphatic heterocycles. The van der Waals surface area contributed by atoms with Gasteiger partial charge in [0.1, 0.15) is 17.7 Å². The van der Waals surface area contributed by atoms with Gasteiger partial charge in [-0.3, -0.25) is 4.79 Å². The molecular weight excluding hydrogens is 310 g/mol. The Morgan fingerprint density at radius 2 is 1.87 bits per heavy atom. The number of hydrogen-bond acceptors (Lipinski definition) is 6. The summed E-state index contributed by atoms with van der Waals surface area (Å²) in [4.78, 5) is 12.7. The topological polar surface area (TPSA) is 97.7 Å². The minimum Gasteiger partial charge on any atom is -0.465 e. The lowest BCUT2D eigenvalue weighted by Crippen LogP contribution is -2.20.